The highest BCUT2D eigenvalue weighted by atomic mass is 35.5. The van der Waals surface area contributed by atoms with Gasteiger partial charge in [-0.25, -0.2) is 4.79 Å². The topological polar surface area (TPSA) is 116 Å². The predicted molar refractivity (Wildman–Crippen MR) is 120 cm³/mol. The summed E-state index contributed by atoms with van der Waals surface area (Å²) in [6, 6.07) is 8.30. The molecular weight excluding hydrogens is 448 g/mol. The molecule has 2 aliphatic rings. The summed E-state index contributed by atoms with van der Waals surface area (Å²) in [7, 11) is 1.31. The zero-order chi connectivity index (χ0) is 23.9. The summed E-state index contributed by atoms with van der Waals surface area (Å²) < 4.78 is 0. The van der Waals surface area contributed by atoms with Gasteiger partial charge in [0.1, 0.15) is 6.04 Å². The second-order valence-electron chi connectivity index (χ2n) is 8.00. The zero-order valence-corrected chi connectivity index (χ0v) is 18.7. The predicted octanol–water partition coefficient (Wildman–Crippen LogP) is 2.71. The van der Waals surface area contributed by atoms with E-state index < -0.39 is 29.8 Å². The van der Waals surface area contributed by atoms with Crippen molar-refractivity contribution in [3.05, 3.63) is 63.7 Å². The number of nitrogens with one attached hydrogen (secondary N) is 2. The number of hydrogen-bond acceptors (Lipinski definition) is 5. The number of amides is 6. The van der Waals surface area contributed by atoms with Crippen LogP contribution >= 0.6 is 11.6 Å². The van der Waals surface area contributed by atoms with Crippen LogP contribution in [0.4, 0.5) is 10.5 Å². The molecule has 1 unspecified atom stereocenters. The highest BCUT2D eigenvalue weighted by Gasteiger charge is 2.41. The molecule has 0 bridgehead atoms. The summed E-state index contributed by atoms with van der Waals surface area (Å²) in [5.74, 6) is -2.06. The number of anilines is 1. The van der Waals surface area contributed by atoms with Crippen LogP contribution in [0, 0.1) is 6.92 Å². The molecule has 1 fully saturated rings. The van der Waals surface area contributed by atoms with Crippen LogP contribution in [-0.2, 0) is 16.1 Å². The molecule has 0 saturated carbocycles. The molecule has 4 rings (SSSR count). The van der Waals surface area contributed by atoms with Gasteiger partial charge >= 0.3 is 6.03 Å². The van der Waals surface area contributed by atoms with Gasteiger partial charge in [0.05, 0.1) is 11.1 Å². The van der Waals surface area contributed by atoms with E-state index in [0.29, 0.717) is 16.3 Å². The van der Waals surface area contributed by atoms with Crippen LogP contribution in [0.5, 0.6) is 0 Å². The van der Waals surface area contributed by atoms with Crippen molar-refractivity contribution in [2.45, 2.75) is 32.4 Å². The molecule has 2 aliphatic heterocycles. The lowest BCUT2D eigenvalue weighted by Gasteiger charge is -2.29. The number of hydrogen-bond donors (Lipinski definition) is 2. The highest BCUT2D eigenvalue weighted by molar-refractivity contribution is 6.31. The summed E-state index contributed by atoms with van der Waals surface area (Å²) in [5.41, 5.74) is 2.07. The Bertz CT molecular complexity index is 1210. The molecule has 0 aromatic heterocycles. The minimum Gasteiger partial charge on any atom is -0.322 e. The normalized spacial score (nSPS) is 17.5. The van der Waals surface area contributed by atoms with Gasteiger partial charge in [0.25, 0.3) is 11.8 Å². The number of urea groups is 1. The molecule has 0 radical (unpaired) electrons. The Morgan fingerprint density at radius 1 is 1.18 bits per heavy atom. The maximum Gasteiger partial charge on any atom is 0.328 e. The average Bonchev–Trinajstić information content (AvgIpc) is 3.11. The van der Waals surface area contributed by atoms with E-state index in [0.717, 1.165) is 10.5 Å². The molecule has 1 atom stereocenters. The van der Waals surface area contributed by atoms with Gasteiger partial charge in [-0.1, -0.05) is 29.8 Å². The number of carbonyl (C=O) groups excluding carboxylic acids is 5. The Hall–Kier alpha value is -3.72. The molecule has 6 amide bonds. The molecule has 10 heteroatoms. The molecule has 2 heterocycles. The van der Waals surface area contributed by atoms with E-state index in [1.54, 1.807) is 30.3 Å². The van der Waals surface area contributed by atoms with Gasteiger partial charge in [-0.15, -0.1) is 0 Å². The van der Waals surface area contributed by atoms with E-state index >= 15 is 0 Å². The van der Waals surface area contributed by atoms with Crippen molar-refractivity contribution in [1.82, 2.24) is 15.1 Å². The number of nitrogens with zero attached hydrogens (tertiary/aromatic N) is 2. The van der Waals surface area contributed by atoms with Gasteiger partial charge in [-0.05, 0) is 42.7 Å². The van der Waals surface area contributed by atoms with E-state index in [-0.39, 0.29) is 36.4 Å². The minimum atomic E-state index is -0.794. The third kappa shape index (κ3) is 4.19. The first kappa shape index (κ1) is 22.5. The van der Waals surface area contributed by atoms with E-state index in [2.05, 4.69) is 10.6 Å². The third-order valence-corrected chi connectivity index (χ3v) is 6.22. The monoisotopic (exact) mass is 468 g/mol. The molecule has 2 aromatic rings. The Morgan fingerprint density at radius 2 is 1.94 bits per heavy atom. The molecular formula is C23H21ClN4O5. The summed E-state index contributed by atoms with van der Waals surface area (Å²) in [6.45, 7) is 1.97. The molecule has 33 heavy (non-hydrogen) atoms. The summed E-state index contributed by atoms with van der Waals surface area (Å²) >= 11 is 6.09. The Labute approximate surface area is 194 Å². The van der Waals surface area contributed by atoms with Crippen molar-refractivity contribution in [3.63, 3.8) is 0 Å². The van der Waals surface area contributed by atoms with Gasteiger partial charge in [-0.2, -0.15) is 0 Å². The molecule has 2 N–H and O–H groups in total. The first-order valence-electron chi connectivity index (χ1n) is 10.3. The fraction of sp³-hybridized carbons (Fsp3) is 0.261. The zero-order valence-electron chi connectivity index (χ0n) is 18.0. The van der Waals surface area contributed by atoms with Crippen LogP contribution in [-0.4, -0.2) is 52.5 Å². The largest absolute Gasteiger partial charge is 0.328 e. The second-order valence-corrected chi connectivity index (χ2v) is 8.41. The Morgan fingerprint density at radius 3 is 2.64 bits per heavy atom. The maximum atomic E-state index is 13.2. The lowest BCUT2D eigenvalue weighted by atomic mass is 10.0. The Kier molecular flexibility index (Phi) is 5.90. The molecule has 0 aliphatic carbocycles. The van der Waals surface area contributed by atoms with Crippen molar-refractivity contribution >= 4 is 46.9 Å². The lowest BCUT2D eigenvalue weighted by Crippen LogP contribution is -2.52. The second kappa shape index (κ2) is 8.67. The number of imide groups is 2. The van der Waals surface area contributed by atoms with Crippen molar-refractivity contribution in [3.8, 4) is 0 Å². The molecule has 9 nitrogen and oxygen atoms in total. The number of carbonyl (C=O) groups is 5. The summed E-state index contributed by atoms with van der Waals surface area (Å²) in [5, 5.41) is 5.33. The molecule has 170 valence electrons. The fourth-order valence-corrected chi connectivity index (χ4v) is 4.12. The number of benzene rings is 2. The fourth-order valence-electron chi connectivity index (χ4n) is 3.94. The van der Waals surface area contributed by atoms with Crippen LogP contribution in [0.3, 0.4) is 0 Å². The number of halogens is 1. The van der Waals surface area contributed by atoms with E-state index in [4.69, 9.17) is 11.6 Å². The quantitative estimate of drug-likeness (QED) is 0.672. The number of rotatable bonds is 3. The molecule has 1 saturated heterocycles. The minimum absolute atomic E-state index is 0.0619. The van der Waals surface area contributed by atoms with Crippen molar-refractivity contribution < 1.29 is 24.0 Å². The standard InChI is InChI=1S/C23H21ClN4O5/c1-12-6-7-14(10-16(12)24)25-23(33)27(2)21(31)15-5-3-4-13-11-28(22(32)19(13)15)17-8-9-18(29)26-20(17)30/h3-7,10,17H,8-9,11H2,1-2H3,(H,25,33)(H,26,29,30). The third-order valence-electron chi connectivity index (χ3n) is 5.82. The first-order chi connectivity index (χ1) is 15.7. The van der Waals surface area contributed by atoms with Gasteiger partial charge < -0.3 is 10.2 Å². The smallest absolute Gasteiger partial charge is 0.322 e. The maximum absolute atomic E-state index is 13.2. The van der Waals surface area contributed by atoms with Crippen LogP contribution in [0.25, 0.3) is 0 Å². The van der Waals surface area contributed by atoms with E-state index in [9.17, 15) is 24.0 Å². The molecule has 2 aromatic carbocycles. The first-order valence-corrected chi connectivity index (χ1v) is 10.7. The summed E-state index contributed by atoms with van der Waals surface area (Å²) in [6.07, 6.45) is 0.351. The van der Waals surface area contributed by atoms with Gasteiger partial charge in [-0.3, -0.25) is 29.4 Å². The van der Waals surface area contributed by atoms with Crippen LogP contribution in [0.15, 0.2) is 36.4 Å². The number of fused-ring (bicyclic) bond motifs is 1. The van der Waals surface area contributed by atoms with Crippen LogP contribution < -0.4 is 10.6 Å². The van der Waals surface area contributed by atoms with Gasteiger partial charge in [0.2, 0.25) is 11.8 Å². The van der Waals surface area contributed by atoms with Gasteiger partial charge in [0, 0.05) is 30.7 Å². The SMILES string of the molecule is Cc1ccc(NC(=O)N(C)C(=O)c2cccc3c2C(=O)N(C2CCC(=O)NC2=O)C3)cc1Cl. The molecule has 0 spiro atoms. The average molecular weight is 469 g/mol. The number of piperidine rings is 1. The summed E-state index contributed by atoms with van der Waals surface area (Å²) in [4.78, 5) is 64.9. The van der Waals surface area contributed by atoms with Crippen molar-refractivity contribution in [2.75, 3.05) is 12.4 Å². The van der Waals surface area contributed by atoms with Crippen LogP contribution in [0.2, 0.25) is 5.02 Å². The lowest BCUT2D eigenvalue weighted by molar-refractivity contribution is -0.136. The van der Waals surface area contributed by atoms with Gasteiger partial charge in [0.15, 0.2) is 0 Å². The van der Waals surface area contributed by atoms with Crippen LogP contribution in [0.1, 0.15) is 44.7 Å². The van der Waals surface area contributed by atoms with Crippen molar-refractivity contribution in [1.29, 1.82) is 0 Å². The Balaban J connectivity index is 1.55. The van der Waals surface area contributed by atoms with E-state index in [1.165, 1.54) is 18.0 Å². The van der Waals surface area contributed by atoms with Crippen molar-refractivity contribution in [2.24, 2.45) is 0 Å². The number of aryl methyl sites for hydroxylation is 1. The van der Waals surface area contributed by atoms with E-state index in [1.807, 2.05) is 6.92 Å². The highest BCUT2D eigenvalue weighted by Crippen LogP contribution is 2.30.